The van der Waals surface area contributed by atoms with Crippen LogP contribution in [0.1, 0.15) is 33.1 Å². The summed E-state index contributed by atoms with van der Waals surface area (Å²) in [5, 5.41) is 14.8. The molecule has 0 heterocycles. The first-order valence-electron chi connectivity index (χ1n) is 8.65. The molecule has 2 amide bonds. The van der Waals surface area contributed by atoms with Gasteiger partial charge < -0.3 is 25.2 Å². The van der Waals surface area contributed by atoms with Gasteiger partial charge in [0.2, 0.25) is 0 Å². The van der Waals surface area contributed by atoms with Crippen LogP contribution in [-0.2, 0) is 14.3 Å². The standard InChI is InChI=1S/C16H29N3O5/c1-4-19(9-14(20)21)11-6-10(7-11)17-16(22)18-12-8-13(24-5-2)15(12)23-3/h10-13,15H,4-9H2,1-3H3,(H,20,21)(H2,17,18,22). The lowest BCUT2D eigenvalue weighted by atomic mass is 9.84. The smallest absolute Gasteiger partial charge is 0.317 e. The number of carboxylic acid groups (broad SMARTS) is 1. The second kappa shape index (κ2) is 8.64. The molecule has 2 saturated carbocycles. The third-order valence-electron chi connectivity index (χ3n) is 4.93. The highest BCUT2D eigenvalue weighted by Crippen LogP contribution is 2.28. The molecular weight excluding hydrogens is 314 g/mol. The van der Waals surface area contributed by atoms with Crippen molar-refractivity contribution in [1.82, 2.24) is 15.5 Å². The van der Waals surface area contributed by atoms with Gasteiger partial charge in [0.05, 0.1) is 18.7 Å². The van der Waals surface area contributed by atoms with Crippen LogP contribution in [0.15, 0.2) is 0 Å². The number of carboxylic acids is 1. The van der Waals surface area contributed by atoms with E-state index in [1.54, 1.807) is 7.11 Å². The molecule has 2 aliphatic rings. The van der Waals surface area contributed by atoms with Crippen molar-refractivity contribution in [2.45, 2.75) is 63.4 Å². The van der Waals surface area contributed by atoms with E-state index in [9.17, 15) is 9.59 Å². The topological polar surface area (TPSA) is 100 Å². The van der Waals surface area contributed by atoms with Crippen LogP contribution >= 0.6 is 0 Å². The summed E-state index contributed by atoms with van der Waals surface area (Å²) in [6, 6.07) is 0.110. The molecule has 0 saturated heterocycles. The molecule has 8 nitrogen and oxygen atoms in total. The summed E-state index contributed by atoms with van der Waals surface area (Å²) >= 11 is 0. The van der Waals surface area contributed by atoms with Gasteiger partial charge in [-0.1, -0.05) is 6.92 Å². The van der Waals surface area contributed by atoms with Crippen molar-refractivity contribution in [3.8, 4) is 0 Å². The Hall–Kier alpha value is -1.38. The monoisotopic (exact) mass is 343 g/mol. The minimum Gasteiger partial charge on any atom is -0.480 e. The van der Waals surface area contributed by atoms with Crippen LogP contribution in [-0.4, -0.2) is 79.1 Å². The van der Waals surface area contributed by atoms with Crippen molar-refractivity contribution in [2.24, 2.45) is 0 Å². The van der Waals surface area contributed by atoms with Crippen LogP contribution in [0.5, 0.6) is 0 Å². The van der Waals surface area contributed by atoms with Crippen molar-refractivity contribution < 1.29 is 24.2 Å². The van der Waals surface area contributed by atoms with Crippen molar-refractivity contribution in [2.75, 3.05) is 26.8 Å². The number of methoxy groups -OCH3 is 1. The number of amides is 2. The maximum absolute atomic E-state index is 12.1. The van der Waals surface area contributed by atoms with Gasteiger partial charge in [-0.3, -0.25) is 9.69 Å². The van der Waals surface area contributed by atoms with Crippen LogP contribution in [0, 0.1) is 0 Å². The molecule has 2 aliphatic carbocycles. The maximum Gasteiger partial charge on any atom is 0.317 e. The van der Waals surface area contributed by atoms with E-state index in [0.29, 0.717) is 13.2 Å². The molecule has 8 heteroatoms. The number of rotatable bonds is 9. The van der Waals surface area contributed by atoms with Crippen LogP contribution < -0.4 is 10.6 Å². The lowest BCUT2D eigenvalue weighted by molar-refractivity contribution is -0.139. The highest BCUT2D eigenvalue weighted by Gasteiger charge is 2.43. The largest absolute Gasteiger partial charge is 0.480 e. The normalized spacial score (nSPS) is 31.9. The van der Waals surface area contributed by atoms with Gasteiger partial charge in [-0.2, -0.15) is 0 Å². The van der Waals surface area contributed by atoms with Crippen LogP contribution in [0.2, 0.25) is 0 Å². The van der Waals surface area contributed by atoms with Gasteiger partial charge in [-0.05, 0) is 32.7 Å². The zero-order valence-electron chi connectivity index (χ0n) is 14.7. The number of carbonyl (C=O) groups excluding carboxylic acids is 1. The molecule has 0 bridgehead atoms. The fourth-order valence-corrected chi connectivity index (χ4v) is 3.49. The Morgan fingerprint density at radius 1 is 1.21 bits per heavy atom. The number of urea groups is 1. The zero-order chi connectivity index (χ0) is 17.7. The lowest BCUT2D eigenvalue weighted by Crippen LogP contribution is -2.64. The summed E-state index contributed by atoms with van der Waals surface area (Å²) in [7, 11) is 1.63. The van der Waals surface area contributed by atoms with E-state index < -0.39 is 5.97 Å². The number of aliphatic carboxylic acids is 1. The van der Waals surface area contributed by atoms with E-state index in [2.05, 4.69) is 10.6 Å². The van der Waals surface area contributed by atoms with Gasteiger partial charge in [0.1, 0.15) is 6.10 Å². The third kappa shape index (κ3) is 4.58. The number of nitrogens with one attached hydrogen (secondary N) is 2. The van der Waals surface area contributed by atoms with Gasteiger partial charge in [0.25, 0.3) is 0 Å². The van der Waals surface area contributed by atoms with E-state index in [4.69, 9.17) is 14.6 Å². The lowest BCUT2D eigenvalue weighted by Gasteiger charge is -2.45. The molecule has 0 radical (unpaired) electrons. The fraction of sp³-hybridized carbons (Fsp3) is 0.875. The first kappa shape index (κ1) is 19.0. The van der Waals surface area contributed by atoms with Crippen LogP contribution in [0.3, 0.4) is 0 Å². The average Bonchev–Trinajstić information content (AvgIpc) is 2.47. The number of carbonyl (C=O) groups is 2. The molecule has 24 heavy (non-hydrogen) atoms. The van der Waals surface area contributed by atoms with Crippen molar-refractivity contribution in [3.63, 3.8) is 0 Å². The van der Waals surface area contributed by atoms with Gasteiger partial charge in [0, 0.05) is 25.8 Å². The zero-order valence-corrected chi connectivity index (χ0v) is 14.7. The third-order valence-corrected chi connectivity index (χ3v) is 4.93. The predicted molar refractivity (Wildman–Crippen MR) is 88.0 cm³/mol. The number of nitrogens with zero attached hydrogens (tertiary/aromatic N) is 1. The number of ether oxygens (including phenoxy) is 2. The summed E-state index contributed by atoms with van der Waals surface area (Å²) in [6.07, 6.45) is 2.28. The predicted octanol–water partition coefficient (Wildman–Crippen LogP) is 0.416. The number of likely N-dealkylation sites (N-methyl/N-ethyl adjacent to an activating group) is 1. The number of hydrogen-bond acceptors (Lipinski definition) is 5. The molecule has 0 aromatic rings. The molecule has 0 aliphatic heterocycles. The first-order valence-corrected chi connectivity index (χ1v) is 8.65. The van der Waals surface area contributed by atoms with E-state index in [1.165, 1.54) is 0 Å². The Bertz CT molecular complexity index is 441. The molecule has 0 aromatic heterocycles. The fourth-order valence-electron chi connectivity index (χ4n) is 3.49. The molecule has 138 valence electrons. The Morgan fingerprint density at radius 2 is 1.92 bits per heavy atom. The first-order chi connectivity index (χ1) is 11.5. The van der Waals surface area contributed by atoms with Crippen molar-refractivity contribution >= 4 is 12.0 Å². The average molecular weight is 343 g/mol. The van der Waals surface area contributed by atoms with E-state index in [1.807, 2.05) is 18.7 Å². The highest BCUT2D eigenvalue weighted by molar-refractivity contribution is 5.75. The maximum atomic E-state index is 12.1. The van der Waals surface area contributed by atoms with Gasteiger partial charge in [-0.15, -0.1) is 0 Å². The second-order valence-corrected chi connectivity index (χ2v) is 6.43. The molecular formula is C16H29N3O5. The Morgan fingerprint density at radius 3 is 2.46 bits per heavy atom. The molecule has 0 spiro atoms. The number of hydrogen-bond donors (Lipinski definition) is 3. The summed E-state index contributed by atoms with van der Waals surface area (Å²) in [5.41, 5.74) is 0. The second-order valence-electron chi connectivity index (χ2n) is 6.43. The van der Waals surface area contributed by atoms with Gasteiger partial charge >= 0.3 is 12.0 Å². The quantitative estimate of drug-likeness (QED) is 0.561. The minimum atomic E-state index is -0.814. The highest BCUT2D eigenvalue weighted by atomic mass is 16.5. The van der Waals surface area contributed by atoms with Gasteiger partial charge in [0.15, 0.2) is 0 Å². The summed E-state index contributed by atoms with van der Waals surface area (Å²) < 4.78 is 10.9. The van der Waals surface area contributed by atoms with Crippen molar-refractivity contribution in [3.05, 3.63) is 0 Å². The van der Waals surface area contributed by atoms with E-state index in [-0.39, 0.29) is 42.9 Å². The molecule has 2 rings (SSSR count). The Balaban J connectivity index is 1.67. The molecule has 0 aromatic carbocycles. The minimum absolute atomic E-state index is 0.0263. The molecule has 3 atom stereocenters. The Labute approximate surface area is 142 Å². The SMILES string of the molecule is CCOC1CC(NC(=O)NC2CC(N(CC)CC(=O)O)C2)C1OC. The Kier molecular flexibility index (Phi) is 6.82. The molecule has 3 N–H and O–H groups in total. The summed E-state index contributed by atoms with van der Waals surface area (Å²) in [5.74, 6) is -0.814. The van der Waals surface area contributed by atoms with Crippen molar-refractivity contribution in [1.29, 1.82) is 0 Å². The van der Waals surface area contributed by atoms with Crippen LogP contribution in [0.25, 0.3) is 0 Å². The molecule has 2 fully saturated rings. The summed E-state index contributed by atoms with van der Waals surface area (Å²) in [6.45, 7) is 5.28. The molecule has 3 unspecified atom stereocenters. The van der Waals surface area contributed by atoms with E-state index in [0.717, 1.165) is 19.3 Å². The van der Waals surface area contributed by atoms with Crippen LogP contribution in [0.4, 0.5) is 4.79 Å². The summed E-state index contributed by atoms with van der Waals surface area (Å²) in [4.78, 5) is 24.8. The van der Waals surface area contributed by atoms with E-state index >= 15 is 0 Å². The van der Waals surface area contributed by atoms with Gasteiger partial charge in [-0.25, -0.2) is 4.79 Å².